The van der Waals surface area contributed by atoms with Crippen LogP contribution in [-0.2, 0) is 0 Å². The van der Waals surface area contributed by atoms with E-state index in [0.29, 0.717) is 0 Å². The van der Waals surface area contributed by atoms with Crippen LogP contribution in [0.25, 0.3) is 0 Å². The van der Waals surface area contributed by atoms with Crippen molar-refractivity contribution in [3.63, 3.8) is 0 Å². The first-order chi connectivity index (χ1) is 11.9. The minimum Gasteiger partial charge on any atom is -0.0654 e. The summed E-state index contributed by atoms with van der Waals surface area (Å²) in [6.45, 7) is 2.29. The third-order valence-electron chi connectivity index (χ3n) is 4.99. The lowest BCUT2D eigenvalue weighted by molar-refractivity contribution is 0.532. The molecule has 0 aliphatic carbocycles. The van der Waals surface area contributed by atoms with Gasteiger partial charge < -0.3 is 0 Å². The average Bonchev–Trinajstić information content (AvgIpc) is 2.62. The van der Waals surface area contributed by atoms with Crippen molar-refractivity contribution in [2.24, 2.45) is 0 Å². The Bertz CT molecular complexity index is 340. The van der Waals surface area contributed by atoms with Crippen LogP contribution in [0.4, 0.5) is 0 Å². The zero-order chi connectivity index (χ0) is 17.1. The Labute approximate surface area is 152 Å². The van der Waals surface area contributed by atoms with Crippen LogP contribution in [0.15, 0.2) is 30.3 Å². The van der Waals surface area contributed by atoms with Gasteiger partial charge in [0.05, 0.1) is 0 Å². The topological polar surface area (TPSA) is 0 Å². The molecule has 0 atom stereocenters. The highest BCUT2D eigenvalue weighted by Gasteiger charge is 1.95. The summed E-state index contributed by atoms with van der Waals surface area (Å²) in [5.74, 6) is 0. The first kappa shape index (κ1) is 21.3. The number of unbranched alkanes of at least 4 members (excludes halogenated alkanes) is 15. The van der Waals surface area contributed by atoms with E-state index in [9.17, 15) is 0 Å². The molecule has 0 spiro atoms. The van der Waals surface area contributed by atoms with E-state index in [0.717, 1.165) is 0 Å². The van der Waals surface area contributed by atoms with E-state index in [2.05, 4.69) is 43.7 Å². The maximum absolute atomic E-state index is 2.38. The Kier molecular flexibility index (Phi) is 15.1. The van der Waals surface area contributed by atoms with Gasteiger partial charge in [0.25, 0.3) is 0 Å². The average molecular weight is 330 g/mol. The molecule has 0 N–H and O–H groups in total. The summed E-state index contributed by atoms with van der Waals surface area (Å²) in [6.07, 6.45) is 25.3. The maximum Gasteiger partial charge on any atom is -0.00931 e. The second-order valence-corrected chi connectivity index (χ2v) is 7.35. The van der Waals surface area contributed by atoms with E-state index >= 15 is 0 Å². The van der Waals surface area contributed by atoms with Crippen LogP contribution in [-0.4, -0.2) is 0 Å². The summed E-state index contributed by atoms with van der Waals surface area (Å²) >= 11 is 0. The summed E-state index contributed by atoms with van der Waals surface area (Å²) in [4.78, 5) is 0. The van der Waals surface area contributed by atoms with Gasteiger partial charge >= 0.3 is 0 Å². The number of hydrogen-bond donors (Lipinski definition) is 0. The molecule has 0 heteroatoms. The van der Waals surface area contributed by atoms with Crippen LogP contribution in [0.1, 0.15) is 115 Å². The van der Waals surface area contributed by atoms with Crippen LogP contribution in [0, 0.1) is 6.42 Å². The standard InChI is InChI=1S/C24H41/c1-2-3-4-5-6-7-8-9-10-11-12-13-14-15-16-18-21-24-22-19-17-20-23-24/h17,19-23H,2-16,18H2,1H3. The Balaban J connectivity index is 1.70. The smallest absolute Gasteiger partial charge is 0.00931 e. The van der Waals surface area contributed by atoms with Gasteiger partial charge in [-0.05, 0) is 18.4 Å². The summed E-state index contributed by atoms with van der Waals surface area (Å²) in [5.41, 5.74) is 1.38. The normalized spacial score (nSPS) is 11.0. The maximum atomic E-state index is 2.38. The lowest BCUT2D eigenvalue weighted by Crippen LogP contribution is -1.85. The molecular weight excluding hydrogens is 288 g/mol. The largest absolute Gasteiger partial charge is 0.0654 e. The molecule has 24 heavy (non-hydrogen) atoms. The Morgan fingerprint density at radius 3 is 1.42 bits per heavy atom. The van der Waals surface area contributed by atoms with E-state index in [1.165, 1.54) is 108 Å². The van der Waals surface area contributed by atoms with E-state index in [1.54, 1.807) is 0 Å². The minimum absolute atomic E-state index is 1.24. The van der Waals surface area contributed by atoms with E-state index in [4.69, 9.17) is 0 Å². The molecule has 0 saturated carbocycles. The Morgan fingerprint density at radius 1 is 0.542 bits per heavy atom. The summed E-state index contributed by atoms with van der Waals surface area (Å²) in [7, 11) is 0. The molecule has 0 unspecified atom stereocenters. The van der Waals surface area contributed by atoms with Crippen molar-refractivity contribution in [1.29, 1.82) is 0 Å². The van der Waals surface area contributed by atoms with Gasteiger partial charge in [0.1, 0.15) is 0 Å². The lowest BCUT2D eigenvalue weighted by Gasteiger charge is -2.04. The van der Waals surface area contributed by atoms with Crippen molar-refractivity contribution in [3.8, 4) is 0 Å². The summed E-state index contributed by atoms with van der Waals surface area (Å²) in [6, 6.07) is 10.7. The van der Waals surface area contributed by atoms with Crippen molar-refractivity contribution in [3.05, 3.63) is 42.3 Å². The van der Waals surface area contributed by atoms with Crippen molar-refractivity contribution in [2.75, 3.05) is 0 Å². The second-order valence-electron chi connectivity index (χ2n) is 7.35. The van der Waals surface area contributed by atoms with Gasteiger partial charge in [-0.1, -0.05) is 134 Å². The Hall–Kier alpha value is -0.780. The number of hydrogen-bond acceptors (Lipinski definition) is 0. The monoisotopic (exact) mass is 329 g/mol. The fourth-order valence-corrected chi connectivity index (χ4v) is 3.37. The van der Waals surface area contributed by atoms with Crippen LogP contribution in [0.2, 0.25) is 0 Å². The number of rotatable bonds is 17. The molecule has 0 amide bonds. The van der Waals surface area contributed by atoms with Gasteiger partial charge in [0.15, 0.2) is 0 Å². The predicted molar refractivity (Wildman–Crippen MR) is 109 cm³/mol. The minimum atomic E-state index is 1.24. The molecule has 0 nitrogen and oxygen atoms in total. The zero-order valence-electron chi connectivity index (χ0n) is 16.3. The highest BCUT2D eigenvalue weighted by molar-refractivity contribution is 5.21. The molecule has 1 rings (SSSR count). The fourth-order valence-electron chi connectivity index (χ4n) is 3.37. The molecule has 0 fully saturated rings. The molecule has 0 bridgehead atoms. The molecule has 1 radical (unpaired) electrons. The van der Waals surface area contributed by atoms with E-state index in [1.807, 2.05) is 0 Å². The highest BCUT2D eigenvalue weighted by Crippen LogP contribution is 2.14. The second kappa shape index (κ2) is 17.1. The number of benzene rings is 1. The van der Waals surface area contributed by atoms with E-state index < -0.39 is 0 Å². The summed E-state index contributed by atoms with van der Waals surface area (Å²) < 4.78 is 0. The van der Waals surface area contributed by atoms with E-state index in [-0.39, 0.29) is 0 Å². The predicted octanol–water partition coefficient (Wildman–Crippen LogP) is 8.50. The third kappa shape index (κ3) is 13.6. The molecule has 0 aromatic heterocycles. The summed E-state index contributed by atoms with van der Waals surface area (Å²) in [5, 5.41) is 0. The molecule has 137 valence electrons. The van der Waals surface area contributed by atoms with Gasteiger partial charge in [-0.15, -0.1) is 0 Å². The molecular formula is C24H41. The van der Waals surface area contributed by atoms with Gasteiger partial charge in [-0.2, -0.15) is 0 Å². The van der Waals surface area contributed by atoms with Crippen molar-refractivity contribution in [1.82, 2.24) is 0 Å². The van der Waals surface area contributed by atoms with Crippen molar-refractivity contribution < 1.29 is 0 Å². The molecule has 0 aliphatic rings. The lowest BCUT2D eigenvalue weighted by atomic mass is 10.0. The molecule has 1 aromatic rings. The van der Waals surface area contributed by atoms with Crippen LogP contribution >= 0.6 is 0 Å². The first-order valence-corrected chi connectivity index (χ1v) is 10.8. The van der Waals surface area contributed by atoms with Gasteiger partial charge in [-0.25, -0.2) is 0 Å². The van der Waals surface area contributed by atoms with Crippen LogP contribution in [0.5, 0.6) is 0 Å². The molecule has 0 aliphatic heterocycles. The van der Waals surface area contributed by atoms with Crippen LogP contribution in [0.3, 0.4) is 0 Å². The molecule has 0 heterocycles. The molecule has 1 aromatic carbocycles. The van der Waals surface area contributed by atoms with Gasteiger partial charge in [0.2, 0.25) is 0 Å². The molecule has 0 saturated heterocycles. The quantitative estimate of drug-likeness (QED) is 0.251. The third-order valence-corrected chi connectivity index (χ3v) is 4.99. The van der Waals surface area contributed by atoms with Crippen molar-refractivity contribution in [2.45, 2.75) is 110 Å². The van der Waals surface area contributed by atoms with Crippen molar-refractivity contribution >= 4 is 0 Å². The van der Waals surface area contributed by atoms with Gasteiger partial charge in [0, 0.05) is 0 Å². The first-order valence-electron chi connectivity index (χ1n) is 10.8. The van der Waals surface area contributed by atoms with Crippen LogP contribution < -0.4 is 0 Å². The highest BCUT2D eigenvalue weighted by atomic mass is 14.0. The Morgan fingerprint density at radius 2 is 0.958 bits per heavy atom. The zero-order valence-corrected chi connectivity index (χ0v) is 16.3. The fraction of sp³-hybridized carbons (Fsp3) is 0.708. The SMILES string of the molecule is CCCCCCCCCCCCCCCCC[CH]c1ccccc1. The van der Waals surface area contributed by atoms with Gasteiger partial charge in [-0.3, -0.25) is 0 Å².